The zero-order valence-electron chi connectivity index (χ0n) is 10.6. The van der Waals surface area contributed by atoms with Gasteiger partial charge in [0.25, 0.3) is 0 Å². The van der Waals surface area contributed by atoms with E-state index in [4.69, 9.17) is 0 Å². The fraction of sp³-hybridized carbons (Fsp3) is 0.500. The molecule has 1 fully saturated rings. The SMILES string of the molecule is CNc1ccccc1S(=O)(=O)NCC1(SC)CC1. The molecule has 1 aromatic rings. The smallest absolute Gasteiger partial charge is 0.242 e. The summed E-state index contributed by atoms with van der Waals surface area (Å²) in [5.41, 5.74) is 0.624. The molecule has 18 heavy (non-hydrogen) atoms. The normalized spacial score (nSPS) is 17.4. The Hall–Kier alpha value is -0.720. The number of sulfonamides is 1. The van der Waals surface area contributed by atoms with Crippen molar-refractivity contribution >= 4 is 27.5 Å². The molecule has 1 aromatic carbocycles. The lowest BCUT2D eigenvalue weighted by molar-refractivity contribution is 0.580. The molecule has 0 spiro atoms. The van der Waals surface area contributed by atoms with Crippen molar-refractivity contribution in [3.05, 3.63) is 24.3 Å². The van der Waals surface area contributed by atoms with Gasteiger partial charge in [-0.25, -0.2) is 13.1 Å². The van der Waals surface area contributed by atoms with Crippen molar-refractivity contribution in [3.63, 3.8) is 0 Å². The first-order chi connectivity index (χ1) is 8.53. The van der Waals surface area contributed by atoms with Crippen molar-refractivity contribution < 1.29 is 8.42 Å². The molecule has 1 saturated carbocycles. The van der Waals surface area contributed by atoms with E-state index in [-0.39, 0.29) is 4.75 Å². The van der Waals surface area contributed by atoms with Crippen molar-refractivity contribution in [1.29, 1.82) is 0 Å². The molecule has 2 N–H and O–H groups in total. The summed E-state index contributed by atoms with van der Waals surface area (Å²) in [6.45, 7) is 0.508. The Morgan fingerprint density at radius 1 is 1.33 bits per heavy atom. The summed E-state index contributed by atoms with van der Waals surface area (Å²) in [5, 5.41) is 2.90. The summed E-state index contributed by atoms with van der Waals surface area (Å²) in [6, 6.07) is 6.93. The molecule has 6 heteroatoms. The summed E-state index contributed by atoms with van der Waals surface area (Å²) in [5.74, 6) is 0. The van der Waals surface area contributed by atoms with Gasteiger partial charge in [0.05, 0.1) is 5.69 Å². The first-order valence-corrected chi connectivity index (χ1v) is 8.55. The number of nitrogens with one attached hydrogen (secondary N) is 2. The van der Waals surface area contributed by atoms with E-state index in [1.165, 1.54) is 0 Å². The molecule has 1 aliphatic rings. The van der Waals surface area contributed by atoms with Gasteiger partial charge in [-0.05, 0) is 31.2 Å². The zero-order chi connectivity index (χ0) is 13.2. The van der Waals surface area contributed by atoms with Crippen LogP contribution in [0, 0.1) is 0 Å². The van der Waals surface area contributed by atoms with Crippen LogP contribution in [0.2, 0.25) is 0 Å². The van der Waals surface area contributed by atoms with Crippen molar-refractivity contribution in [2.45, 2.75) is 22.5 Å². The Balaban J connectivity index is 2.15. The van der Waals surface area contributed by atoms with Crippen LogP contribution in [0.15, 0.2) is 29.2 Å². The van der Waals surface area contributed by atoms with Crippen LogP contribution in [0.5, 0.6) is 0 Å². The number of para-hydroxylation sites is 1. The molecule has 0 heterocycles. The number of thioether (sulfide) groups is 1. The highest BCUT2D eigenvalue weighted by atomic mass is 32.2. The van der Waals surface area contributed by atoms with Gasteiger partial charge in [0, 0.05) is 18.3 Å². The standard InChI is InChI=1S/C12H18N2O2S2/c1-13-10-5-3-4-6-11(10)18(15,16)14-9-12(17-2)7-8-12/h3-6,13-14H,7-9H2,1-2H3. The van der Waals surface area contributed by atoms with Crippen molar-refractivity contribution in [2.24, 2.45) is 0 Å². The van der Waals surface area contributed by atoms with Crippen molar-refractivity contribution in [3.8, 4) is 0 Å². The van der Waals surface area contributed by atoms with Crippen LogP contribution < -0.4 is 10.0 Å². The highest BCUT2D eigenvalue weighted by molar-refractivity contribution is 8.00. The molecule has 0 unspecified atom stereocenters. The van der Waals surface area contributed by atoms with E-state index in [2.05, 4.69) is 10.0 Å². The summed E-state index contributed by atoms with van der Waals surface area (Å²) < 4.78 is 27.3. The van der Waals surface area contributed by atoms with E-state index in [9.17, 15) is 8.42 Å². The van der Waals surface area contributed by atoms with Crippen LogP contribution >= 0.6 is 11.8 Å². The van der Waals surface area contributed by atoms with E-state index >= 15 is 0 Å². The zero-order valence-corrected chi connectivity index (χ0v) is 12.2. The highest BCUT2D eigenvalue weighted by Gasteiger charge is 2.42. The maximum atomic E-state index is 12.2. The molecule has 0 amide bonds. The van der Waals surface area contributed by atoms with Gasteiger partial charge in [-0.3, -0.25) is 0 Å². The first-order valence-electron chi connectivity index (χ1n) is 5.85. The highest BCUT2D eigenvalue weighted by Crippen LogP contribution is 2.46. The average Bonchev–Trinajstić information content (AvgIpc) is 3.17. The number of anilines is 1. The third kappa shape index (κ3) is 2.81. The third-order valence-corrected chi connectivity index (χ3v) is 6.15. The van der Waals surface area contributed by atoms with Gasteiger partial charge in [-0.15, -0.1) is 0 Å². The second-order valence-electron chi connectivity index (χ2n) is 4.46. The molecule has 2 rings (SSSR count). The summed E-state index contributed by atoms with van der Waals surface area (Å²) in [6.07, 6.45) is 4.21. The molecule has 0 radical (unpaired) electrons. The van der Waals surface area contributed by atoms with Gasteiger partial charge < -0.3 is 5.32 Å². The minimum Gasteiger partial charge on any atom is -0.387 e. The predicted molar refractivity (Wildman–Crippen MR) is 76.7 cm³/mol. The molecular weight excluding hydrogens is 268 g/mol. The summed E-state index contributed by atoms with van der Waals surface area (Å²) in [7, 11) is -1.71. The van der Waals surface area contributed by atoms with E-state index in [1.54, 1.807) is 37.0 Å². The van der Waals surface area contributed by atoms with Gasteiger partial charge >= 0.3 is 0 Å². The third-order valence-electron chi connectivity index (χ3n) is 3.27. The molecule has 0 atom stereocenters. The van der Waals surface area contributed by atoms with Crippen LogP contribution in [-0.2, 0) is 10.0 Å². The lowest BCUT2D eigenvalue weighted by Gasteiger charge is -2.15. The quantitative estimate of drug-likeness (QED) is 0.838. The lowest BCUT2D eigenvalue weighted by Crippen LogP contribution is -2.32. The molecule has 0 bridgehead atoms. The van der Waals surface area contributed by atoms with Crippen LogP contribution in [0.3, 0.4) is 0 Å². The van der Waals surface area contributed by atoms with Crippen molar-refractivity contribution in [2.75, 3.05) is 25.2 Å². The lowest BCUT2D eigenvalue weighted by atomic mass is 10.3. The number of hydrogen-bond donors (Lipinski definition) is 2. The Bertz CT molecular complexity index is 525. The molecule has 1 aliphatic carbocycles. The monoisotopic (exact) mass is 286 g/mol. The van der Waals surface area contributed by atoms with E-state index in [0.717, 1.165) is 12.8 Å². The van der Waals surface area contributed by atoms with E-state index in [0.29, 0.717) is 17.1 Å². The predicted octanol–water partition coefficient (Wildman–Crippen LogP) is 1.90. The van der Waals surface area contributed by atoms with E-state index in [1.807, 2.05) is 12.3 Å². The van der Waals surface area contributed by atoms with Gasteiger partial charge in [0.2, 0.25) is 10.0 Å². The van der Waals surface area contributed by atoms with Crippen molar-refractivity contribution in [1.82, 2.24) is 4.72 Å². The Kier molecular flexibility index (Phi) is 3.89. The topological polar surface area (TPSA) is 58.2 Å². The second kappa shape index (κ2) is 5.11. The van der Waals surface area contributed by atoms with Crippen LogP contribution in [0.25, 0.3) is 0 Å². The first kappa shape index (κ1) is 13.7. The number of rotatable bonds is 6. The number of benzene rings is 1. The van der Waals surface area contributed by atoms with Gasteiger partial charge in [0.1, 0.15) is 4.90 Å². The molecule has 0 saturated heterocycles. The minimum absolute atomic E-state index is 0.127. The van der Waals surface area contributed by atoms with Gasteiger partial charge in [0.15, 0.2) is 0 Å². The Morgan fingerprint density at radius 2 is 2.00 bits per heavy atom. The minimum atomic E-state index is -3.43. The van der Waals surface area contributed by atoms with Crippen LogP contribution in [0.1, 0.15) is 12.8 Å². The molecule has 0 aromatic heterocycles. The van der Waals surface area contributed by atoms with Gasteiger partial charge in [-0.2, -0.15) is 11.8 Å². The fourth-order valence-corrected chi connectivity index (χ4v) is 3.96. The molecular formula is C12H18N2O2S2. The van der Waals surface area contributed by atoms with E-state index < -0.39 is 10.0 Å². The molecule has 4 nitrogen and oxygen atoms in total. The maximum Gasteiger partial charge on any atom is 0.242 e. The largest absolute Gasteiger partial charge is 0.387 e. The Labute approximate surface area is 113 Å². The fourth-order valence-electron chi connectivity index (χ4n) is 1.80. The molecule has 0 aliphatic heterocycles. The summed E-state index contributed by atoms with van der Waals surface area (Å²) in [4.78, 5) is 0.310. The Morgan fingerprint density at radius 3 is 2.56 bits per heavy atom. The van der Waals surface area contributed by atoms with Crippen LogP contribution in [0.4, 0.5) is 5.69 Å². The maximum absolute atomic E-state index is 12.2. The average molecular weight is 286 g/mol. The number of hydrogen-bond acceptors (Lipinski definition) is 4. The molecule has 100 valence electrons. The summed E-state index contributed by atoms with van der Waals surface area (Å²) >= 11 is 1.74. The van der Waals surface area contributed by atoms with Crippen LogP contribution in [-0.4, -0.2) is 33.0 Å². The van der Waals surface area contributed by atoms with Gasteiger partial charge in [-0.1, -0.05) is 12.1 Å². The second-order valence-corrected chi connectivity index (χ2v) is 7.47.